The Labute approximate surface area is 98.5 Å². The second kappa shape index (κ2) is 5.16. The van der Waals surface area contributed by atoms with Crippen LogP contribution in [0.3, 0.4) is 0 Å². The fourth-order valence-electron chi connectivity index (χ4n) is 1.29. The monoisotopic (exact) mass is 229 g/mol. The van der Waals surface area contributed by atoms with E-state index in [0.29, 0.717) is 5.82 Å². The molecule has 0 fully saturated rings. The van der Waals surface area contributed by atoms with E-state index in [1.807, 2.05) is 30.3 Å². The van der Waals surface area contributed by atoms with Crippen LogP contribution in [0.15, 0.2) is 36.5 Å². The molecule has 0 N–H and O–H groups in total. The van der Waals surface area contributed by atoms with Crippen molar-refractivity contribution >= 4 is 5.97 Å². The molecule has 0 spiro atoms. The minimum atomic E-state index is -0.494. The van der Waals surface area contributed by atoms with Crippen LogP contribution in [0.1, 0.15) is 21.9 Å². The van der Waals surface area contributed by atoms with Gasteiger partial charge < -0.3 is 4.74 Å². The van der Waals surface area contributed by atoms with E-state index in [2.05, 4.69) is 15.2 Å². The van der Waals surface area contributed by atoms with Gasteiger partial charge in [-0.2, -0.15) is 5.10 Å². The highest BCUT2D eigenvalue weighted by atomic mass is 16.5. The lowest BCUT2D eigenvalue weighted by Crippen LogP contribution is -2.09. The van der Waals surface area contributed by atoms with Gasteiger partial charge in [0.25, 0.3) is 0 Å². The van der Waals surface area contributed by atoms with E-state index in [-0.39, 0.29) is 12.3 Å². The average Bonchev–Trinajstić information content (AvgIpc) is 2.37. The number of aryl methyl sites for hydroxylation is 1. The SMILES string of the molecule is Cc1nncc(C(=O)OCc2ccccc2)n1. The molecule has 0 aliphatic carbocycles. The topological polar surface area (TPSA) is 65.0 Å². The summed E-state index contributed by atoms with van der Waals surface area (Å²) in [6.45, 7) is 1.89. The highest BCUT2D eigenvalue weighted by Gasteiger charge is 2.09. The summed E-state index contributed by atoms with van der Waals surface area (Å²) < 4.78 is 5.10. The molecule has 17 heavy (non-hydrogen) atoms. The summed E-state index contributed by atoms with van der Waals surface area (Å²) in [6, 6.07) is 9.45. The van der Waals surface area contributed by atoms with Gasteiger partial charge in [0.2, 0.25) is 0 Å². The normalized spacial score (nSPS) is 9.94. The average molecular weight is 229 g/mol. The molecular weight excluding hydrogens is 218 g/mol. The van der Waals surface area contributed by atoms with E-state index in [1.165, 1.54) is 6.20 Å². The molecule has 1 heterocycles. The van der Waals surface area contributed by atoms with Gasteiger partial charge in [0, 0.05) is 0 Å². The van der Waals surface area contributed by atoms with Gasteiger partial charge in [-0.05, 0) is 12.5 Å². The molecule has 0 radical (unpaired) electrons. The molecule has 2 aromatic rings. The van der Waals surface area contributed by atoms with Crippen molar-refractivity contribution in [3.8, 4) is 0 Å². The first-order valence-corrected chi connectivity index (χ1v) is 5.13. The summed E-state index contributed by atoms with van der Waals surface area (Å²) >= 11 is 0. The first kappa shape index (κ1) is 11.2. The quantitative estimate of drug-likeness (QED) is 0.747. The van der Waals surface area contributed by atoms with Gasteiger partial charge in [0.15, 0.2) is 5.69 Å². The summed E-state index contributed by atoms with van der Waals surface area (Å²) in [6.07, 6.45) is 1.29. The summed E-state index contributed by atoms with van der Waals surface area (Å²) in [5.41, 5.74) is 1.10. The Morgan fingerprint density at radius 3 is 2.76 bits per heavy atom. The minimum Gasteiger partial charge on any atom is -0.456 e. The second-order valence-corrected chi connectivity index (χ2v) is 3.45. The van der Waals surface area contributed by atoms with Crippen LogP contribution < -0.4 is 0 Å². The standard InChI is InChI=1S/C12H11N3O2/c1-9-14-11(7-13-15-9)12(16)17-8-10-5-3-2-4-6-10/h2-7H,8H2,1H3. The van der Waals surface area contributed by atoms with E-state index in [0.717, 1.165) is 5.56 Å². The zero-order valence-corrected chi connectivity index (χ0v) is 9.33. The fourth-order valence-corrected chi connectivity index (χ4v) is 1.29. The van der Waals surface area contributed by atoms with Gasteiger partial charge in [-0.3, -0.25) is 0 Å². The largest absolute Gasteiger partial charge is 0.456 e. The zero-order chi connectivity index (χ0) is 12.1. The van der Waals surface area contributed by atoms with Crippen molar-refractivity contribution in [2.24, 2.45) is 0 Å². The maximum Gasteiger partial charge on any atom is 0.359 e. The van der Waals surface area contributed by atoms with Gasteiger partial charge >= 0.3 is 5.97 Å². The number of esters is 1. The molecular formula is C12H11N3O2. The third-order valence-electron chi connectivity index (χ3n) is 2.09. The molecule has 0 aliphatic rings. The van der Waals surface area contributed by atoms with Crippen molar-refractivity contribution in [1.29, 1.82) is 0 Å². The number of benzene rings is 1. The molecule has 0 unspecified atom stereocenters. The Bertz CT molecular complexity index is 514. The Morgan fingerprint density at radius 2 is 2.06 bits per heavy atom. The Kier molecular flexibility index (Phi) is 3.40. The van der Waals surface area contributed by atoms with Crippen molar-refractivity contribution < 1.29 is 9.53 Å². The van der Waals surface area contributed by atoms with E-state index < -0.39 is 5.97 Å². The van der Waals surface area contributed by atoms with Gasteiger partial charge in [0.1, 0.15) is 12.4 Å². The molecule has 0 atom stereocenters. The van der Waals surface area contributed by atoms with Crippen LogP contribution in [-0.2, 0) is 11.3 Å². The lowest BCUT2D eigenvalue weighted by Gasteiger charge is -2.03. The zero-order valence-electron chi connectivity index (χ0n) is 9.33. The fraction of sp³-hybridized carbons (Fsp3) is 0.167. The summed E-state index contributed by atoms with van der Waals surface area (Å²) in [5, 5.41) is 7.32. The van der Waals surface area contributed by atoms with Gasteiger partial charge in [-0.1, -0.05) is 30.3 Å². The maximum absolute atomic E-state index is 11.6. The molecule has 0 saturated heterocycles. The molecule has 0 aliphatic heterocycles. The molecule has 86 valence electrons. The van der Waals surface area contributed by atoms with E-state index >= 15 is 0 Å². The Morgan fingerprint density at radius 1 is 1.29 bits per heavy atom. The number of hydrogen-bond acceptors (Lipinski definition) is 5. The third kappa shape index (κ3) is 3.07. The molecule has 1 aromatic heterocycles. The first-order chi connectivity index (χ1) is 8.25. The number of rotatable bonds is 3. The summed E-state index contributed by atoms with van der Waals surface area (Å²) in [7, 11) is 0. The predicted molar refractivity (Wildman–Crippen MR) is 60.1 cm³/mol. The third-order valence-corrected chi connectivity index (χ3v) is 2.09. The highest BCUT2D eigenvalue weighted by molar-refractivity contribution is 5.86. The van der Waals surface area contributed by atoms with Crippen molar-refractivity contribution in [3.63, 3.8) is 0 Å². The highest BCUT2D eigenvalue weighted by Crippen LogP contribution is 2.03. The molecule has 5 heteroatoms. The number of carbonyl (C=O) groups excluding carboxylic acids is 1. The number of hydrogen-bond donors (Lipinski definition) is 0. The summed E-state index contributed by atoms with van der Waals surface area (Å²) in [4.78, 5) is 15.6. The van der Waals surface area contributed by atoms with E-state index in [1.54, 1.807) is 6.92 Å². The molecule has 5 nitrogen and oxygen atoms in total. The second-order valence-electron chi connectivity index (χ2n) is 3.45. The van der Waals surface area contributed by atoms with E-state index in [9.17, 15) is 4.79 Å². The number of aromatic nitrogens is 3. The molecule has 1 aromatic carbocycles. The van der Waals surface area contributed by atoms with Crippen molar-refractivity contribution in [1.82, 2.24) is 15.2 Å². The Hall–Kier alpha value is -2.30. The number of nitrogens with zero attached hydrogens (tertiary/aromatic N) is 3. The van der Waals surface area contributed by atoms with Crippen LogP contribution in [-0.4, -0.2) is 21.2 Å². The van der Waals surface area contributed by atoms with Gasteiger partial charge in [0.05, 0.1) is 6.20 Å². The van der Waals surface area contributed by atoms with Crippen LogP contribution in [0.2, 0.25) is 0 Å². The lowest BCUT2D eigenvalue weighted by atomic mass is 10.2. The molecule has 0 bridgehead atoms. The molecule has 0 saturated carbocycles. The number of carbonyl (C=O) groups is 1. The van der Waals surface area contributed by atoms with Crippen LogP contribution >= 0.6 is 0 Å². The van der Waals surface area contributed by atoms with E-state index in [4.69, 9.17) is 4.74 Å². The van der Waals surface area contributed by atoms with Crippen molar-refractivity contribution in [2.75, 3.05) is 0 Å². The van der Waals surface area contributed by atoms with Crippen LogP contribution in [0.4, 0.5) is 0 Å². The van der Waals surface area contributed by atoms with Crippen molar-refractivity contribution in [3.05, 3.63) is 53.6 Å². The lowest BCUT2D eigenvalue weighted by molar-refractivity contribution is 0.0464. The van der Waals surface area contributed by atoms with Crippen LogP contribution in [0.25, 0.3) is 0 Å². The summed E-state index contributed by atoms with van der Waals surface area (Å²) in [5.74, 6) is -0.0500. The first-order valence-electron chi connectivity index (χ1n) is 5.13. The van der Waals surface area contributed by atoms with Gasteiger partial charge in [-0.15, -0.1) is 5.10 Å². The maximum atomic E-state index is 11.6. The number of ether oxygens (including phenoxy) is 1. The van der Waals surface area contributed by atoms with Gasteiger partial charge in [-0.25, -0.2) is 9.78 Å². The predicted octanol–water partition coefficient (Wildman–Crippen LogP) is 1.54. The van der Waals surface area contributed by atoms with Crippen molar-refractivity contribution in [2.45, 2.75) is 13.5 Å². The molecule has 2 rings (SSSR count). The Balaban J connectivity index is 1.98. The smallest absolute Gasteiger partial charge is 0.359 e. The molecule has 0 amide bonds. The van der Waals surface area contributed by atoms with Crippen LogP contribution in [0.5, 0.6) is 0 Å². The minimum absolute atomic E-state index is 0.174. The van der Waals surface area contributed by atoms with Crippen LogP contribution in [0, 0.1) is 6.92 Å².